The highest BCUT2D eigenvalue weighted by molar-refractivity contribution is 8.00. The number of benzene rings is 1. The maximum absolute atomic E-state index is 12.1. The van der Waals surface area contributed by atoms with Crippen LogP contribution in [0.25, 0.3) is 0 Å². The summed E-state index contributed by atoms with van der Waals surface area (Å²) in [5, 5.41) is 10.9. The van der Waals surface area contributed by atoms with E-state index in [0.29, 0.717) is 0 Å². The van der Waals surface area contributed by atoms with Crippen LogP contribution in [0.4, 0.5) is 0 Å². The van der Waals surface area contributed by atoms with Crippen molar-refractivity contribution in [3.05, 3.63) is 48.2 Å². The summed E-state index contributed by atoms with van der Waals surface area (Å²) < 4.78 is 5.11. The van der Waals surface area contributed by atoms with Gasteiger partial charge in [0.15, 0.2) is 6.10 Å². The predicted molar refractivity (Wildman–Crippen MR) is 86.8 cm³/mol. The van der Waals surface area contributed by atoms with Gasteiger partial charge in [-0.3, -0.25) is 9.59 Å². The molecule has 0 spiro atoms. The zero-order valence-corrected chi connectivity index (χ0v) is 13.4. The van der Waals surface area contributed by atoms with Crippen LogP contribution in [0.3, 0.4) is 0 Å². The molecule has 1 saturated heterocycles. The third-order valence-electron chi connectivity index (χ3n) is 3.64. The highest BCUT2D eigenvalue weighted by Gasteiger charge is 2.50. The molecule has 1 aromatic carbocycles. The van der Waals surface area contributed by atoms with Gasteiger partial charge in [-0.15, -0.1) is 11.8 Å². The average molecular weight is 348 g/mol. The zero-order chi connectivity index (χ0) is 17.1. The van der Waals surface area contributed by atoms with E-state index in [0.717, 1.165) is 5.56 Å². The van der Waals surface area contributed by atoms with Gasteiger partial charge in [0.1, 0.15) is 12.0 Å². The molecule has 126 valence electrons. The molecule has 0 aliphatic carbocycles. The lowest BCUT2D eigenvalue weighted by Gasteiger charge is -2.47. The minimum Gasteiger partial charge on any atom is -0.480 e. The molecular formula is C16H16N2O5S. The van der Waals surface area contributed by atoms with E-state index < -0.39 is 18.7 Å². The third kappa shape index (κ3) is 3.60. The van der Waals surface area contributed by atoms with Gasteiger partial charge in [-0.05, 0) is 11.6 Å². The molecule has 2 N–H and O–H groups in total. The molecule has 7 nitrogen and oxygen atoms in total. The number of nitrogens with one attached hydrogen (secondary N) is 1. The van der Waals surface area contributed by atoms with Crippen LogP contribution in [0.1, 0.15) is 5.56 Å². The molecule has 0 aromatic heterocycles. The summed E-state index contributed by atoms with van der Waals surface area (Å²) in [6, 6.07) is 9.40. The van der Waals surface area contributed by atoms with Crippen molar-refractivity contribution in [2.45, 2.75) is 23.3 Å². The highest BCUT2D eigenvalue weighted by Crippen LogP contribution is 2.38. The Labute approximate surface area is 142 Å². The zero-order valence-electron chi connectivity index (χ0n) is 12.6. The Morgan fingerprint density at radius 1 is 1.29 bits per heavy atom. The van der Waals surface area contributed by atoms with Crippen LogP contribution in [-0.2, 0) is 25.5 Å². The molecule has 2 unspecified atom stereocenters. The van der Waals surface area contributed by atoms with Crippen LogP contribution in [0.5, 0.6) is 0 Å². The number of fused-ring (bicyclic) bond motifs is 1. The van der Waals surface area contributed by atoms with Crippen molar-refractivity contribution in [2.24, 2.45) is 0 Å². The summed E-state index contributed by atoms with van der Waals surface area (Å²) in [5.74, 6) is -1.50. The van der Waals surface area contributed by atoms with Crippen LogP contribution in [0.15, 0.2) is 42.6 Å². The first kappa shape index (κ1) is 16.5. The molecule has 0 bridgehead atoms. The Hall–Kier alpha value is -2.32. The Kier molecular flexibility index (Phi) is 4.86. The van der Waals surface area contributed by atoms with E-state index in [1.54, 1.807) is 12.3 Å². The molecule has 3 rings (SSSR count). The number of carbonyl (C=O) groups excluding carboxylic acids is 2. The second-order valence-corrected chi connectivity index (χ2v) is 6.65. The number of rotatable bonds is 6. The van der Waals surface area contributed by atoms with E-state index >= 15 is 0 Å². The van der Waals surface area contributed by atoms with Crippen molar-refractivity contribution in [2.75, 3.05) is 6.61 Å². The lowest BCUT2D eigenvalue weighted by Crippen LogP contribution is -2.64. The molecule has 0 saturated carbocycles. The standard InChI is InChI=1S/C16H16N2O5S/c19-11(8-10-4-2-1-3-5-10)17-12-6-7-18-15(22)14(16(18)24-12)23-9-13(20)21/h1-7,12,14,16H,8-9H2,(H,17,19)(H,20,21)/t12?,14?,16-/m1/s1. The highest BCUT2D eigenvalue weighted by atomic mass is 32.2. The summed E-state index contributed by atoms with van der Waals surface area (Å²) in [6.07, 6.45) is 2.83. The fourth-order valence-corrected chi connectivity index (χ4v) is 3.81. The van der Waals surface area contributed by atoms with Gasteiger partial charge in [-0.1, -0.05) is 30.3 Å². The van der Waals surface area contributed by atoms with Crippen molar-refractivity contribution in [1.29, 1.82) is 0 Å². The Balaban J connectivity index is 1.54. The van der Waals surface area contributed by atoms with Crippen molar-refractivity contribution in [1.82, 2.24) is 10.2 Å². The Bertz CT molecular complexity index is 678. The molecule has 8 heteroatoms. The molecule has 1 aromatic rings. The number of ether oxygens (including phenoxy) is 1. The molecule has 0 radical (unpaired) electrons. The molecule has 2 aliphatic heterocycles. The first-order chi connectivity index (χ1) is 11.5. The Morgan fingerprint density at radius 3 is 2.75 bits per heavy atom. The van der Waals surface area contributed by atoms with Crippen molar-refractivity contribution >= 4 is 29.5 Å². The predicted octanol–water partition coefficient (Wildman–Crippen LogP) is 0.570. The molecule has 2 aliphatic rings. The normalized spacial score (nSPS) is 24.9. The number of carboxylic acid groups (broad SMARTS) is 1. The number of aliphatic carboxylic acids is 1. The van der Waals surface area contributed by atoms with Gasteiger partial charge in [0, 0.05) is 6.20 Å². The van der Waals surface area contributed by atoms with Crippen molar-refractivity contribution in [3.63, 3.8) is 0 Å². The van der Waals surface area contributed by atoms with Crippen molar-refractivity contribution < 1.29 is 24.2 Å². The largest absolute Gasteiger partial charge is 0.480 e. The van der Waals surface area contributed by atoms with Crippen LogP contribution in [0.2, 0.25) is 0 Å². The monoisotopic (exact) mass is 348 g/mol. The first-order valence-corrected chi connectivity index (χ1v) is 8.31. The Morgan fingerprint density at radius 2 is 2.04 bits per heavy atom. The SMILES string of the molecule is O=C(O)COC1C(=O)N2C=CC(NC(=O)Cc3ccccc3)S[C@H]12. The van der Waals surface area contributed by atoms with E-state index in [1.807, 2.05) is 30.3 Å². The van der Waals surface area contributed by atoms with Crippen LogP contribution < -0.4 is 5.32 Å². The number of carboxylic acids is 1. The molecule has 24 heavy (non-hydrogen) atoms. The van der Waals surface area contributed by atoms with Gasteiger partial charge in [-0.2, -0.15) is 0 Å². The van der Waals surface area contributed by atoms with Crippen molar-refractivity contribution in [3.8, 4) is 0 Å². The fourth-order valence-electron chi connectivity index (χ4n) is 2.51. The summed E-state index contributed by atoms with van der Waals surface area (Å²) in [5.41, 5.74) is 0.919. The van der Waals surface area contributed by atoms with E-state index in [1.165, 1.54) is 16.7 Å². The maximum Gasteiger partial charge on any atom is 0.329 e. The number of thioether (sulfide) groups is 1. The minimum atomic E-state index is -1.12. The minimum absolute atomic E-state index is 0.120. The summed E-state index contributed by atoms with van der Waals surface area (Å²) in [7, 11) is 0. The van der Waals surface area contributed by atoms with E-state index in [4.69, 9.17) is 9.84 Å². The maximum atomic E-state index is 12.1. The number of amides is 2. The second-order valence-electron chi connectivity index (χ2n) is 5.39. The quantitative estimate of drug-likeness (QED) is 0.730. The van der Waals surface area contributed by atoms with Crippen LogP contribution >= 0.6 is 11.8 Å². The molecule has 2 amide bonds. The van der Waals surface area contributed by atoms with Gasteiger partial charge in [0.25, 0.3) is 5.91 Å². The van der Waals surface area contributed by atoms with E-state index in [9.17, 15) is 14.4 Å². The summed E-state index contributed by atoms with van der Waals surface area (Å²) in [6.45, 7) is -0.518. The van der Waals surface area contributed by atoms with Gasteiger partial charge in [0.05, 0.1) is 11.8 Å². The number of hydrogen-bond acceptors (Lipinski definition) is 5. The van der Waals surface area contributed by atoms with E-state index in [2.05, 4.69) is 5.32 Å². The lowest BCUT2D eigenvalue weighted by molar-refractivity contribution is -0.165. The lowest BCUT2D eigenvalue weighted by atomic mass is 10.1. The fraction of sp³-hybridized carbons (Fsp3) is 0.312. The number of β-lactam (4-membered cyclic amide) rings is 1. The topological polar surface area (TPSA) is 95.9 Å². The van der Waals surface area contributed by atoms with Gasteiger partial charge in [0.2, 0.25) is 5.91 Å². The van der Waals surface area contributed by atoms with E-state index in [-0.39, 0.29) is 29.0 Å². The summed E-state index contributed by atoms with van der Waals surface area (Å²) in [4.78, 5) is 36.0. The van der Waals surface area contributed by atoms with Gasteiger partial charge < -0.3 is 20.1 Å². The van der Waals surface area contributed by atoms with Gasteiger partial charge in [-0.25, -0.2) is 4.79 Å². The molecule has 2 heterocycles. The number of nitrogens with zero attached hydrogens (tertiary/aromatic N) is 1. The summed E-state index contributed by atoms with van der Waals surface area (Å²) >= 11 is 1.35. The van der Waals surface area contributed by atoms with Gasteiger partial charge >= 0.3 is 5.97 Å². The number of hydrogen-bond donors (Lipinski definition) is 2. The first-order valence-electron chi connectivity index (χ1n) is 7.37. The van der Waals surface area contributed by atoms with Crippen LogP contribution in [0, 0.1) is 0 Å². The van der Waals surface area contributed by atoms with Crippen LogP contribution in [-0.4, -0.2) is 51.2 Å². The average Bonchev–Trinajstić information content (AvgIpc) is 2.55. The molecule has 3 atom stereocenters. The second kappa shape index (κ2) is 7.06. The smallest absolute Gasteiger partial charge is 0.329 e. The molecule has 1 fully saturated rings. The number of carbonyl (C=O) groups is 3. The molecular weight excluding hydrogens is 332 g/mol. The third-order valence-corrected chi connectivity index (χ3v) is 4.96.